The number of amides is 1. The van der Waals surface area contributed by atoms with E-state index in [0.29, 0.717) is 10.0 Å². The van der Waals surface area contributed by atoms with Crippen LogP contribution < -0.4 is 16.8 Å². The highest BCUT2D eigenvalue weighted by Crippen LogP contribution is 2.53. The number of hydrogen-bond donors (Lipinski definition) is 3. The second kappa shape index (κ2) is 8.52. The maximum Gasteiger partial charge on any atom is 0.269 e. The van der Waals surface area contributed by atoms with Gasteiger partial charge in [-0.15, -0.1) is 0 Å². The van der Waals surface area contributed by atoms with Gasteiger partial charge in [-0.2, -0.15) is 0 Å². The summed E-state index contributed by atoms with van der Waals surface area (Å²) in [6.07, 6.45) is -0.765. The molecule has 4 rings (SSSR count). The summed E-state index contributed by atoms with van der Waals surface area (Å²) in [4.78, 5) is 23.5. The first-order chi connectivity index (χ1) is 15.2. The molecule has 3 aromatic carbocycles. The molecule has 0 aliphatic carbocycles. The largest absolute Gasteiger partial charge is 0.369 e. The van der Waals surface area contributed by atoms with Crippen molar-refractivity contribution in [2.24, 2.45) is 17.4 Å². The molecule has 1 fully saturated rings. The van der Waals surface area contributed by atoms with Crippen LogP contribution in [0.25, 0.3) is 0 Å². The van der Waals surface area contributed by atoms with Gasteiger partial charge in [0.05, 0.1) is 22.4 Å². The van der Waals surface area contributed by atoms with Gasteiger partial charge < -0.3 is 11.5 Å². The zero-order chi connectivity index (χ0) is 23.0. The Labute approximate surface area is 194 Å². The lowest BCUT2D eigenvalue weighted by atomic mass is 9.61. The van der Waals surface area contributed by atoms with Gasteiger partial charge in [0.1, 0.15) is 0 Å². The Morgan fingerprint density at radius 2 is 1.38 bits per heavy atom. The predicted molar refractivity (Wildman–Crippen MR) is 123 cm³/mol. The van der Waals surface area contributed by atoms with Gasteiger partial charge in [-0.1, -0.05) is 59.6 Å². The molecule has 1 heterocycles. The number of nitrogens with one attached hydrogen (secondary N) is 1. The molecule has 0 radical (unpaired) electrons. The zero-order valence-corrected chi connectivity index (χ0v) is 18.3. The molecule has 0 bridgehead atoms. The van der Waals surface area contributed by atoms with E-state index in [1.807, 2.05) is 24.3 Å². The van der Waals surface area contributed by atoms with E-state index in [4.69, 9.17) is 34.7 Å². The molecule has 1 saturated heterocycles. The van der Waals surface area contributed by atoms with E-state index in [0.717, 1.165) is 16.7 Å². The standard InChI is InChI=1S/C23H20Cl2N4O3/c24-16-7-3-14(4-8-16)23(15-5-9-17(25)10-6-15)19(22(27)30)21(26)28-20(23)13-1-11-18(12-2-13)29(31)32/h1-12,19-21,28H,26H2,(H2,27,30). The number of halogens is 2. The smallest absolute Gasteiger partial charge is 0.269 e. The summed E-state index contributed by atoms with van der Waals surface area (Å²) in [5.74, 6) is -1.40. The first-order valence-electron chi connectivity index (χ1n) is 9.82. The maximum absolute atomic E-state index is 12.8. The summed E-state index contributed by atoms with van der Waals surface area (Å²) in [6, 6.07) is 20.0. The third kappa shape index (κ3) is 3.63. The fraction of sp³-hybridized carbons (Fsp3) is 0.174. The Morgan fingerprint density at radius 3 is 1.78 bits per heavy atom. The molecule has 164 valence electrons. The second-order valence-electron chi connectivity index (χ2n) is 7.74. The predicted octanol–water partition coefficient (Wildman–Crippen LogP) is 3.92. The maximum atomic E-state index is 12.8. The van der Waals surface area contributed by atoms with Crippen LogP contribution in [0.2, 0.25) is 10.0 Å². The molecule has 3 aromatic rings. The van der Waals surface area contributed by atoms with Gasteiger partial charge in [0.25, 0.3) is 5.69 Å². The van der Waals surface area contributed by atoms with Crippen LogP contribution in [0.1, 0.15) is 22.7 Å². The van der Waals surface area contributed by atoms with Gasteiger partial charge in [0, 0.05) is 28.2 Å². The summed E-state index contributed by atoms with van der Waals surface area (Å²) >= 11 is 12.3. The van der Waals surface area contributed by atoms with E-state index < -0.39 is 34.4 Å². The van der Waals surface area contributed by atoms with Gasteiger partial charge in [-0.25, -0.2) is 0 Å². The van der Waals surface area contributed by atoms with Crippen molar-refractivity contribution < 1.29 is 9.72 Å². The number of benzene rings is 3. The van der Waals surface area contributed by atoms with Crippen LogP contribution >= 0.6 is 23.2 Å². The summed E-state index contributed by atoms with van der Waals surface area (Å²) in [6.45, 7) is 0. The van der Waals surface area contributed by atoms with Gasteiger partial charge in [-0.3, -0.25) is 20.2 Å². The van der Waals surface area contributed by atoms with E-state index in [9.17, 15) is 14.9 Å². The Hall–Kier alpha value is -2.97. The van der Waals surface area contributed by atoms with Crippen molar-refractivity contribution in [3.63, 3.8) is 0 Å². The molecule has 0 saturated carbocycles. The second-order valence-corrected chi connectivity index (χ2v) is 8.61. The molecule has 0 aromatic heterocycles. The van der Waals surface area contributed by atoms with Crippen molar-refractivity contribution in [3.05, 3.63) is 110 Å². The van der Waals surface area contributed by atoms with Crippen LogP contribution in [-0.4, -0.2) is 17.0 Å². The van der Waals surface area contributed by atoms with Gasteiger partial charge in [0.15, 0.2) is 0 Å². The van der Waals surface area contributed by atoms with Crippen LogP contribution in [0, 0.1) is 16.0 Å². The lowest BCUT2D eigenvalue weighted by molar-refractivity contribution is -0.384. The Balaban J connectivity index is 2.02. The third-order valence-corrected chi connectivity index (χ3v) is 6.56. The minimum atomic E-state index is -1.02. The van der Waals surface area contributed by atoms with Gasteiger partial charge >= 0.3 is 0 Å². The van der Waals surface area contributed by atoms with Crippen LogP contribution in [0.15, 0.2) is 72.8 Å². The highest BCUT2D eigenvalue weighted by molar-refractivity contribution is 6.30. The molecule has 32 heavy (non-hydrogen) atoms. The molecular weight excluding hydrogens is 451 g/mol. The summed E-state index contributed by atoms with van der Waals surface area (Å²) < 4.78 is 0. The number of nitro benzene ring substituents is 1. The van der Waals surface area contributed by atoms with Crippen molar-refractivity contribution in [1.82, 2.24) is 5.32 Å². The Morgan fingerprint density at radius 1 is 0.906 bits per heavy atom. The molecule has 1 amide bonds. The molecular formula is C23H20Cl2N4O3. The molecule has 1 aliphatic heterocycles. The SMILES string of the molecule is NC(=O)C1C(N)NC(c2ccc([N+](=O)[O-])cc2)C1(c1ccc(Cl)cc1)c1ccc(Cl)cc1. The first-order valence-corrected chi connectivity index (χ1v) is 10.6. The van der Waals surface area contributed by atoms with E-state index in [1.54, 1.807) is 36.4 Å². The molecule has 3 unspecified atom stereocenters. The fourth-order valence-electron chi connectivity index (χ4n) is 4.74. The average Bonchev–Trinajstić information content (AvgIpc) is 3.08. The molecule has 3 atom stereocenters. The van der Waals surface area contributed by atoms with E-state index in [2.05, 4.69) is 5.32 Å². The van der Waals surface area contributed by atoms with Gasteiger partial charge in [0.2, 0.25) is 5.91 Å². The van der Waals surface area contributed by atoms with Crippen molar-refractivity contribution in [2.75, 3.05) is 0 Å². The number of carbonyl (C=O) groups excluding carboxylic acids is 1. The summed E-state index contributed by atoms with van der Waals surface area (Å²) in [5, 5.41) is 15.5. The van der Waals surface area contributed by atoms with Crippen molar-refractivity contribution in [2.45, 2.75) is 17.6 Å². The molecule has 0 spiro atoms. The number of nitrogens with zero attached hydrogens (tertiary/aromatic N) is 1. The molecule has 7 nitrogen and oxygen atoms in total. The molecule has 9 heteroatoms. The lowest BCUT2D eigenvalue weighted by Gasteiger charge is -2.40. The third-order valence-electron chi connectivity index (χ3n) is 6.05. The van der Waals surface area contributed by atoms with Crippen molar-refractivity contribution in [3.8, 4) is 0 Å². The number of nitro groups is 1. The quantitative estimate of drug-likeness (QED) is 0.384. The van der Waals surface area contributed by atoms with Crippen LogP contribution in [0.3, 0.4) is 0 Å². The number of hydrogen-bond acceptors (Lipinski definition) is 5. The van der Waals surface area contributed by atoms with Crippen molar-refractivity contribution in [1.29, 1.82) is 0 Å². The Kier molecular flexibility index (Phi) is 5.92. The minimum absolute atomic E-state index is 0.0360. The molecule has 5 N–H and O–H groups in total. The van der Waals surface area contributed by atoms with Crippen LogP contribution in [0.5, 0.6) is 0 Å². The summed E-state index contributed by atoms with van der Waals surface area (Å²) in [5.41, 5.74) is 13.5. The van der Waals surface area contributed by atoms with E-state index >= 15 is 0 Å². The number of primary amides is 1. The monoisotopic (exact) mass is 470 g/mol. The first kappa shape index (κ1) is 22.2. The number of rotatable bonds is 5. The molecule has 1 aliphatic rings. The van der Waals surface area contributed by atoms with Gasteiger partial charge in [-0.05, 0) is 41.0 Å². The normalized spacial score (nSPS) is 21.9. The zero-order valence-electron chi connectivity index (χ0n) is 16.7. The van der Waals surface area contributed by atoms with E-state index in [1.165, 1.54) is 12.1 Å². The highest BCUT2D eigenvalue weighted by atomic mass is 35.5. The number of carbonyl (C=O) groups is 1. The topological polar surface area (TPSA) is 124 Å². The van der Waals surface area contributed by atoms with Crippen LogP contribution in [-0.2, 0) is 10.2 Å². The summed E-state index contributed by atoms with van der Waals surface area (Å²) in [7, 11) is 0. The Bertz CT molecular complexity index is 1110. The van der Waals surface area contributed by atoms with Crippen molar-refractivity contribution >= 4 is 34.8 Å². The average molecular weight is 471 g/mol. The highest BCUT2D eigenvalue weighted by Gasteiger charge is 2.59. The lowest BCUT2D eigenvalue weighted by Crippen LogP contribution is -2.48. The van der Waals surface area contributed by atoms with E-state index in [-0.39, 0.29) is 5.69 Å². The number of nitrogens with two attached hydrogens (primary N) is 2. The number of non-ortho nitro benzene ring substituents is 1. The minimum Gasteiger partial charge on any atom is -0.369 e. The van der Waals surface area contributed by atoms with Crippen LogP contribution in [0.4, 0.5) is 5.69 Å². The fourth-order valence-corrected chi connectivity index (χ4v) is 4.99.